The predicted octanol–water partition coefficient (Wildman–Crippen LogP) is -0.241. The molecule has 1 aliphatic rings. The topological polar surface area (TPSA) is 109 Å². The highest BCUT2D eigenvalue weighted by molar-refractivity contribution is 7.89. The van der Waals surface area contributed by atoms with Gasteiger partial charge in [-0.2, -0.15) is 4.31 Å². The van der Waals surface area contributed by atoms with Crippen LogP contribution < -0.4 is 11.3 Å². The van der Waals surface area contributed by atoms with Crippen LogP contribution >= 0.6 is 0 Å². The van der Waals surface area contributed by atoms with Crippen molar-refractivity contribution in [1.29, 1.82) is 0 Å². The molecular formula is C11H18N4O3S. The zero-order chi connectivity index (χ0) is 14.0. The van der Waals surface area contributed by atoms with E-state index in [0.29, 0.717) is 18.8 Å². The Kier molecular flexibility index (Phi) is 4.04. The van der Waals surface area contributed by atoms with Crippen molar-refractivity contribution in [3.63, 3.8) is 0 Å². The lowest BCUT2D eigenvalue weighted by Crippen LogP contribution is -2.45. The molecule has 1 aromatic heterocycles. The van der Waals surface area contributed by atoms with Crippen molar-refractivity contribution in [3.8, 4) is 0 Å². The van der Waals surface area contributed by atoms with E-state index in [2.05, 4.69) is 10.4 Å². The summed E-state index contributed by atoms with van der Waals surface area (Å²) in [5.41, 5.74) is 2.34. The number of piperidine rings is 1. The molecule has 0 radical (unpaired) electrons. The summed E-state index contributed by atoms with van der Waals surface area (Å²) in [5.74, 6) is 5.69. The Hall–Kier alpha value is -1.22. The zero-order valence-corrected chi connectivity index (χ0v) is 11.5. The van der Waals surface area contributed by atoms with Crippen LogP contribution in [0.1, 0.15) is 13.3 Å². The van der Waals surface area contributed by atoms with Gasteiger partial charge >= 0.3 is 0 Å². The fourth-order valence-electron chi connectivity index (χ4n) is 2.01. The molecule has 1 aliphatic heterocycles. The summed E-state index contributed by atoms with van der Waals surface area (Å²) in [6.07, 6.45) is 1.28. The second kappa shape index (κ2) is 5.41. The van der Waals surface area contributed by atoms with Gasteiger partial charge in [0.25, 0.3) is 0 Å². The quantitative estimate of drug-likeness (QED) is 0.522. The van der Waals surface area contributed by atoms with Crippen LogP contribution in [-0.4, -0.2) is 42.0 Å². The van der Waals surface area contributed by atoms with E-state index in [1.54, 1.807) is 0 Å². The number of aromatic nitrogens is 1. The number of nitrogens with two attached hydrogens (primary N) is 1. The number of hydrazine groups is 1. The maximum atomic E-state index is 12.4. The first-order chi connectivity index (χ1) is 8.95. The van der Waals surface area contributed by atoms with Crippen LogP contribution in [0.4, 0.5) is 5.82 Å². The number of nitrogens with one attached hydrogen (secondary N) is 1. The number of rotatable bonds is 3. The predicted molar refractivity (Wildman–Crippen MR) is 70.6 cm³/mol. The van der Waals surface area contributed by atoms with Gasteiger partial charge in [0.1, 0.15) is 10.7 Å². The summed E-state index contributed by atoms with van der Waals surface area (Å²) >= 11 is 0. The van der Waals surface area contributed by atoms with Crippen LogP contribution in [-0.2, 0) is 10.0 Å². The molecule has 0 spiro atoms. The fraction of sp³-hybridized carbons (Fsp3) is 0.545. The van der Waals surface area contributed by atoms with Crippen molar-refractivity contribution in [2.24, 2.45) is 11.8 Å². The van der Waals surface area contributed by atoms with Gasteiger partial charge in [-0.05, 0) is 24.5 Å². The van der Waals surface area contributed by atoms with Crippen molar-refractivity contribution < 1.29 is 13.5 Å². The zero-order valence-electron chi connectivity index (χ0n) is 10.7. The Morgan fingerprint density at radius 1 is 1.53 bits per heavy atom. The Labute approximate surface area is 112 Å². The number of nitrogens with zero attached hydrogens (tertiary/aromatic N) is 2. The van der Waals surface area contributed by atoms with Crippen LogP contribution in [0.2, 0.25) is 0 Å². The second-order valence-corrected chi connectivity index (χ2v) is 6.66. The van der Waals surface area contributed by atoms with Gasteiger partial charge in [-0.3, -0.25) is 0 Å². The summed E-state index contributed by atoms with van der Waals surface area (Å²) in [5, 5.41) is 9.79. The Bertz CT molecular complexity index is 531. The maximum absolute atomic E-state index is 12.4. The van der Waals surface area contributed by atoms with Crippen LogP contribution in [0, 0.1) is 5.92 Å². The number of nitrogen functional groups attached to an aromatic ring is 1. The second-order valence-electron chi connectivity index (χ2n) is 4.72. The van der Waals surface area contributed by atoms with Crippen molar-refractivity contribution in [2.45, 2.75) is 24.3 Å². The molecule has 2 rings (SSSR count). The smallest absolute Gasteiger partial charge is 0.244 e. The number of hydrogen-bond acceptors (Lipinski definition) is 6. The minimum Gasteiger partial charge on any atom is -0.391 e. The largest absolute Gasteiger partial charge is 0.391 e. The highest BCUT2D eigenvalue weighted by Crippen LogP contribution is 2.23. The van der Waals surface area contributed by atoms with Crippen LogP contribution in [0.15, 0.2) is 23.2 Å². The standard InChI is InChI=1S/C11H18N4O3S/c1-8-4-5-15(7-10(8)16)19(17,18)9-2-3-11(14-12)13-6-9/h2-3,6,8,10,16H,4-5,7,12H2,1H3,(H,13,14). The van der Waals surface area contributed by atoms with Gasteiger partial charge in [0.15, 0.2) is 0 Å². The molecule has 0 saturated carbocycles. The van der Waals surface area contributed by atoms with Gasteiger partial charge in [0, 0.05) is 19.3 Å². The third-order valence-electron chi connectivity index (χ3n) is 3.40. The number of aliphatic hydroxyl groups excluding tert-OH is 1. The summed E-state index contributed by atoms with van der Waals surface area (Å²) in [4.78, 5) is 3.99. The number of anilines is 1. The molecule has 2 heterocycles. The monoisotopic (exact) mass is 286 g/mol. The number of pyridine rings is 1. The molecule has 2 unspecified atom stereocenters. The Morgan fingerprint density at radius 2 is 2.26 bits per heavy atom. The van der Waals surface area contributed by atoms with E-state index < -0.39 is 16.1 Å². The molecule has 4 N–H and O–H groups in total. The lowest BCUT2D eigenvalue weighted by atomic mass is 9.98. The van der Waals surface area contributed by atoms with Gasteiger partial charge in [0.2, 0.25) is 10.0 Å². The van der Waals surface area contributed by atoms with Crippen molar-refractivity contribution in [1.82, 2.24) is 9.29 Å². The first-order valence-electron chi connectivity index (χ1n) is 6.06. The SMILES string of the molecule is CC1CCN(S(=O)(=O)c2ccc(NN)nc2)CC1O. The van der Waals surface area contributed by atoms with Crippen molar-refractivity contribution in [2.75, 3.05) is 18.5 Å². The van der Waals surface area contributed by atoms with Gasteiger partial charge in [-0.1, -0.05) is 6.92 Å². The van der Waals surface area contributed by atoms with Crippen LogP contribution in [0.3, 0.4) is 0 Å². The van der Waals surface area contributed by atoms with Gasteiger partial charge in [0.05, 0.1) is 6.10 Å². The third-order valence-corrected chi connectivity index (χ3v) is 5.25. The minimum atomic E-state index is -3.60. The lowest BCUT2D eigenvalue weighted by Gasteiger charge is -2.33. The number of sulfonamides is 1. The molecule has 1 fully saturated rings. The van der Waals surface area contributed by atoms with Crippen LogP contribution in [0.25, 0.3) is 0 Å². The molecule has 106 valence electrons. The fourth-order valence-corrected chi connectivity index (χ4v) is 3.42. The Morgan fingerprint density at radius 3 is 2.79 bits per heavy atom. The van der Waals surface area contributed by atoms with Crippen molar-refractivity contribution >= 4 is 15.8 Å². The molecule has 1 saturated heterocycles. The molecular weight excluding hydrogens is 268 g/mol. The van der Waals surface area contributed by atoms with Gasteiger partial charge < -0.3 is 10.5 Å². The highest BCUT2D eigenvalue weighted by atomic mass is 32.2. The summed E-state index contributed by atoms with van der Waals surface area (Å²) in [6, 6.07) is 2.94. The van der Waals surface area contributed by atoms with E-state index in [1.807, 2.05) is 6.92 Å². The number of hydrogen-bond donors (Lipinski definition) is 3. The number of aliphatic hydroxyl groups is 1. The van der Waals surface area contributed by atoms with Gasteiger partial charge in [-0.15, -0.1) is 0 Å². The average molecular weight is 286 g/mol. The number of β-amino-alcohol motifs (C(OH)–C–C–N with tert-alkyl or cyclic N) is 1. The molecule has 8 heteroatoms. The average Bonchev–Trinajstić information content (AvgIpc) is 2.41. The van der Waals surface area contributed by atoms with E-state index in [0.717, 1.165) is 0 Å². The lowest BCUT2D eigenvalue weighted by molar-refractivity contribution is 0.0605. The highest BCUT2D eigenvalue weighted by Gasteiger charge is 2.32. The molecule has 1 aromatic rings. The van der Waals surface area contributed by atoms with E-state index >= 15 is 0 Å². The summed E-state index contributed by atoms with van der Waals surface area (Å²) < 4.78 is 26.0. The first-order valence-corrected chi connectivity index (χ1v) is 7.50. The molecule has 19 heavy (non-hydrogen) atoms. The maximum Gasteiger partial charge on any atom is 0.244 e. The summed E-state index contributed by atoms with van der Waals surface area (Å²) in [6.45, 7) is 2.45. The normalized spacial score (nSPS) is 25.2. The molecule has 0 bridgehead atoms. The first kappa shape index (κ1) is 14.2. The molecule has 2 atom stereocenters. The summed E-state index contributed by atoms with van der Waals surface area (Å²) in [7, 11) is -3.60. The van der Waals surface area contributed by atoms with E-state index in [1.165, 1.54) is 22.6 Å². The molecule has 0 aromatic carbocycles. The third kappa shape index (κ3) is 2.86. The minimum absolute atomic E-state index is 0.105. The molecule has 0 aliphatic carbocycles. The van der Waals surface area contributed by atoms with E-state index in [4.69, 9.17) is 5.84 Å². The van der Waals surface area contributed by atoms with E-state index in [9.17, 15) is 13.5 Å². The molecule has 7 nitrogen and oxygen atoms in total. The van der Waals surface area contributed by atoms with Crippen LogP contribution in [0.5, 0.6) is 0 Å². The molecule has 0 amide bonds. The van der Waals surface area contributed by atoms with Crippen molar-refractivity contribution in [3.05, 3.63) is 18.3 Å². The van der Waals surface area contributed by atoms with Gasteiger partial charge in [-0.25, -0.2) is 19.2 Å². The van der Waals surface area contributed by atoms with E-state index in [-0.39, 0.29) is 17.4 Å². The Balaban J connectivity index is 2.21.